The SMILES string of the molecule is CCCC1CCCN(C(=O)c2cc(C)nc(NC)c2)CC1. The first-order valence-electron chi connectivity index (χ1n) is 8.09. The number of carbonyl (C=O) groups excluding carboxylic acids is 1. The third kappa shape index (κ3) is 4.19. The van der Waals surface area contributed by atoms with Gasteiger partial charge in [0.25, 0.3) is 5.91 Å². The molecule has 1 amide bonds. The van der Waals surface area contributed by atoms with Crippen LogP contribution in [0.3, 0.4) is 0 Å². The molecule has 2 heterocycles. The van der Waals surface area contributed by atoms with E-state index in [0.717, 1.165) is 48.9 Å². The molecule has 0 spiro atoms. The standard InChI is InChI=1S/C17H27N3O/c1-4-6-14-7-5-9-20(10-8-14)17(21)15-11-13(2)19-16(12-15)18-3/h11-12,14H,4-10H2,1-3H3,(H,18,19). The topological polar surface area (TPSA) is 45.2 Å². The number of carbonyl (C=O) groups is 1. The van der Waals surface area contributed by atoms with Crippen molar-refractivity contribution < 1.29 is 4.79 Å². The van der Waals surface area contributed by atoms with E-state index in [2.05, 4.69) is 17.2 Å². The van der Waals surface area contributed by atoms with Crippen molar-refractivity contribution in [2.24, 2.45) is 5.92 Å². The van der Waals surface area contributed by atoms with Gasteiger partial charge in [-0.15, -0.1) is 0 Å². The van der Waals surface area contributed by atoms with Crippen molar-refractivity contribution in [3.8, 4) is 0 Å². The van der Waals surface area contributed by atoms with E-state index in [0.29, 0.717) is 0 Å². The number of nitrogens with one attached hydrogen (secondary N) is 1. The molecule has 21 heavy (non-hydrogen) atoms. The highest BCUT2D eigenvalue weighted by Crippen LogP contribution is 2.23. The van der Waals surface area contributed by atoms with Crippen LogP contribution in [0.25, 0.3) is 0 Å². The Labute approximate surface area is 127 Å². The second-order valence-corrected chi connectivity index (χ2v) is 6.01. The Morgan fingerprint density at radius 1 is 1.38 bits per heavy atom. The van der Waals surface area contributed by atoms with Crippen LogP contribution in [0.15, 0.2) is 12.1 Å². The lowest BCUT2D eigenvalue weighted by atomic mass is 9.96. The minimum atomic E-state index is 0.147. The molecule has 4 heteroatoms. The normalized spacial score (nSPS) is 19.2. The number of hydrogen-bond acceptors (Lipinski definition) is 3. The van der Waals surface area contributed by atoms with Gasteiger partial charge in [0.2, 0.25) is 0 Å². The molecular weight excluding hydrogens is 262 g/mol. The molecule has 2 rings (SSSR count). The number of likely N-dealkylation sites (tertiary alicyclic amines) is 1. The van der Waals surface area contributed by atoms with Crippen LogP contribution in [0.2, 0.25) is 0 Å². The van der Waals surface area contributed by atoms with E-state index >= 15 is 0 Å². The van der Waals surface area contributed by atoms with Gasteiger partial charge < -0.3 is 10.2 Å². The summed E-state index contributed by atoms with van der Waals surface area (Å²) >= 11 is 0. The van der Waals surface area contributed by atoms with Gasteiger partial charge in [-0.05, 0) is 44.2 Å². The fourth-order valence-corrected chi connectivity index (χ4v) is 3.17. The Balaban J connectivity index is 2.07. The zero-order valence-corrected chi connectivity index (χ0v) is 13.5. The highest BCUT2D eigenvalue weighted by molar-refractivity contribution is 5.95. The molecule has 0 aliphatic carbocycles. The van der Waals surface area contributed by atoms with Crippen molar-refractivity contribution in [3.05, 3.63) is 23.4 Å². The first kappa shape index (κ1) is 15.8. The van der Waals surface area contributed by atoms with Crippen LogP contribution in [0, 0.1) is 12.8 Å². The number of pyridine rings is 1. The summed E-state index contributed by atoms with van der Waals surface area (Å²) < 4.78 is 0. The lowest BCUT2D eigenvalue weighted by molar-refractivity contribution is 0.0759. The van der Waals surface area contributed by atoms with Gasteiger partial charge in [0.05, 0.1) is 0 Å². The van der Waals surface area contributed by atoms with Crippen LogP contribution < -0.4 is 5.32 Å². The molecule has 0 radical (unpaired) electrons. The number of amides is 1. The Morgan fingerprint density at radius 2 is 2.19 bits per heavy atom. The smallest absolute Gasteiger partial charge is 0.254 e. The molecule has 1 saturated heterocycles. The zero-order valence-electron chi connectivity index (χ0n) is 13.5. The summed E-state index contributed by atoms with van der Waals surface area (Å²) in [7, 11) is 1.83. The molecule has 0 bridgehead atoms. The average Bonchev–Trinajstić information content (AvgIpc) is 2.72. The minimum absolute atomic E-state index is 0.147. The molecule has 0 aromatic carbocycles. The Morgan fingerprint density at radius 3 is 2.90 bits per heavy atom. The number of aromatic nitrogens is 1. The number of rotatable bonds is 4. The summed E-state index contributed by atoms with van der Waals surface area (Å²) in [5.74, 6) is 1.70. The van der Waals surface area contributed by atoms with Crippen molar-refractivity contribution in [2.75, 3.05) is 25.5 Å². The lowest BCUT2D eigenvalue weighted by Gasteiger charge is -2.21. The fourth-order valence-electron chi connectivity index (χ4n) is 3.17. The quantitative estimate of drug-likeness (QED) is 0.923. The zero-order chi connectivity index (χ0) is 15.2. The molecule has 116 valence electrons. The van der Waals surface area contributed by atoms with Crippen LogP contribution >= 0.6 is 0 Å². The lowest BCUT2D eigenvalue weighted by Crippen LogP contribution is -2.32. The largest absolute Gasteiger partial charge is 0.373 e. The molecule has 4 nitrogen and oxygen atoms in total. The van der Waals surface area contributed by atoms with Gasteiger partial charge in [0.15, 0.2) is 0 Å². The summed E-state index contributed by atoms with van der Waals surface area (Å²) in [6, 6.07) is 3.74. The molecular formula is C17H27N3O. The molecule has 1 N–H and O–H groups in total. The van der Waals surface area contributed by atoms with Crippen LogP contribution in [-0.2, 0) is 0 Å². The van der Waals surface area contributed by atoms with Crippen molar-refractivity contribution in [3.63, 3.8) is 0 Å². The van der Waals surface area contributed by atoms with Gasteiger partial charge in [-0.3, -0.25) is 4.79 Å². The maximum Gasteiger partial charge on any atom is 0.254 e. The minimum Gasteiger partial charge on any atom is -0.373 e. The predicted octanol–water partition coefficient (Wildman–Crippen LogP) is 3.47. The van der Waals surface area contributed by atoms with Crippen molar-refractivity contribution in [1.82, 2.24) is 9.88 Å². The van der Waals surface area contributed by atoms with Gasteiger partial charge in [0.1, 0.15) is 5.82 Å². The van der Waals surface area contributed by atoms with Gasteiger partial charge in [-0.25, -0.2) is 4.98 Å². The van der Waals surface area contributed by atoms with E-state index in [1.807, 2.05) is 31.0 Å². The molecule has 1 fully saturated rings. The fraction of sp³-hybridized carbons (Fsp3) is 0.647. The highest BCUT2D eigenvalue weighted by Gasteiger charge is 2.21. The van der Waals surface area contributed by atoms with Gasteiger partial charge >= 0.3 is 0 Å². The maximum absolute atomic E-state index is 12.7. The van der Waals surface area contributed by atoms with Crippen LogP contribution in [0.1, 0.15) is 55.1 Å². The van der Waals surface area contributed by atoms with E-state index in [1.54, 1.807) is 0 Å². The Bertz CT molecular complexity index is 487. The molecule has 0 saturated carbocycles. The summed E-state index contributed by atoms with van der Waals surface area (Å²) in [5.41, 5.74) is 1.63. The van der Waals surface area contributed by atoms with E-state index in [9.17, 15) is 4.79 Å². The van der Waals surface area contributed by atoms with E-state index in [4.69, 9.17) is 0 Å². The summed E-state index contributed by atoms with van der Waals surface area (Å²) in [5, 5.41) is 3.02. The Hall–Kier alpha value is -1.58. The number of aryl methyl sites for hydroxylation is 1. The molecule has 1 atom stereocenters. The summed E-state index contributed by atoms with van der Waals surface area (Å²) in [6.45, 7) is 5.94. The van der Waals surface area contributed by atoms with E-state index in [-0.39, 0.29) is 5.91 Å². The van der Waals surface area contributed by atoms with Crippen LogP contribution in [0.4, 0.5) is 5.82 Å². The van der Waals surface area contributed by atoms with Crippen molar-refractivity contribution >= 4 is 11.7 Å². The number of nitrogens with zero attached hydrogens (tertiary/aromatic N) is 2. The third-order valence-corrected chi connectivity index (χ3v) is 4.29. The molecule has 1 aromatic rings. The molecule has 1 unspecified atom stereocenters. The van der Waals surface area contributed by atoms with Gasteiger partial charge in [-0.2, -0.15) is 0 Å². The number of hydrogen-bond donors (Lipinski definition) is 1. The van der Waals surface area contributed by atoms with E-state index in [1.165, 1.54) is 19.3 Å². The molecule has 1 aromatic heterocycles. The van der Waals surface area contributed by atoms with Crippen molar-refractivity contribution in [2.45, 2.75) is 46.0 Å². The van der Waals surface area contributed by atoms with Crippen LogP contribution in [0.5, 0.6) is 0 Å². The predicted molar refractivity (Wildman–Crippen MR) is 86.7 cm³/mol. The molecule has 1 aliphatic heterocycles. The Kier molecular flexibility index (Phi) is 5.59. The molecule has 1 aliphatic rings. The van der Waals surface area contributed by atoms with E-state index < -0.39 is 0 Å². The highest BCUT2D eigenvalue weighted by atomic mass is 16.2. The summed E-state index contributed by atoms with van der Waals surface area (Å²) in [4.78, 5) is 19.1. The second-order valence-electron chi connectivity index (χ2n) is 6.01. The van der Waals surface area contributed by atoms with Crippen molar-refractivity contribution in [1.29, 1.82) is 0 Å². The monoisotopic (exact) mass is 289 g/mol. The first-order valence-corrected chi connectivity index (χ1v) is 8.09. The summed E-state index contributed by atoms with van der Waals surface area (Å²) in [6.07, 6.45) is 6.06. The second kappa shape index (κ2) is 7.43. The maximum atomic E-state index is 12.7. The van der Waals surface area contributed by atoms with Gasteiger partial charge in [-0.1, -0.05) is 19.8 Å². The average molecular weight is 289 g/mol. The first-order chi connectivity index (χ1) is 10.1. The third-order valence-electron chi connectivity index (χ3n) is 4.29. The number of anilines is 1. The van der Waals surface area contributed by atoms with Crippen LogP contribution in [-0.4, -0.2) is 35.9 Å². The van der Waals surface area contributed by atoms with Gasteiger partial charge in [0, 0.05) is 31.4 Å².